The van der Waals surface area contributed by atoms with Crippen molar-refractivity contribution in [1.29, 1.82) is 0 Å². The lowest BCUT2D eigenvalue weighted by Crippen LogP contribution is -2.05. The standard InChI is InChI=1S/C15H13O4P/c1-18-11-5-8-13(14(9-11)19-2)15(16)10-3-6-12(20-17)7-4-10/h3-9H,1-2H3. The number of ether oxygens (including phenoxy) is 2. The molecule has 0 aliphatic rings. The molecular formula is C15H13O4P. The van der Waals surface area contributed by atoms with Crippen LogP contribution in [0.2, 0.25) is 0 Å². The Morgan fingerprint density at radius 2 is 1.70 bits per heavy atom. The van der Waals surface area contributed by atoms with Crippen LogP contribution in [0.5, 0.6) is 11.5 Å². The Labute approximate surface area is 118 Å². The second-order valence-corrected chi connectivity index (χ2v) is 4.73. The Balaban J connectivity index is 2.39. The van der Waals surface area contributed by atoms with Crippen LogP contribution in [-0.4, -0.2) is 20.0 Å². The van der Waals surface area contributed by atoms with E-state index in [0.717, 1.165) is 0 Å². The maximum absolute atomic E-state index is 12.4. The second kappa shape index (κ2) is 6.31. The third kappa shape index (κ3) is 2.86. The number of carbonyl (C=O) groups is 1. The number of carbonyl (C=O) groups excluding carboxylic acids is 1. The molecular weight excluding hydrogens is 275 g/mol. The molecule has 0 radical (unpaired) electrons. The predicted molar refractivity (Wildman–Crippen MR) is 76.7 cm³/mol. The van der Waals surface area contributed by atoms with Gasteiger partial charge >= 0.3 is 0 Å². The van der Waals surface area contributed by atoms with E-state index >= 15 is 0 Å². The number of rotatable bonds is 5. The Bertz CT molecular complexity index is 635. The number of hydrogen-bond donors (Lipinski definition) is 0. The average molecular weight is 288 g/mol. The Kier molecular flexibility index (Phi) is 4.49. The highest BCUT2D eigenvalue weighted by Crippen LogP contribution is 2.26. The minimum atomic E-state index is -0.154. The molecule has 0 aliphatic heterocycles. The zero-order chi connectivity index (χ0) is 14.5. The maximum Gasteiger partial charge on any atom is 0.196 e. The zero-order valence-corrected chi connectivity index (χ0v) is 12.0. The van der Waals surface area contributed by atoms with Gasteiger partial charge in [0.25, 0.3) is 0 Å². The summed E-state index contributed by atoms with van der Waals surface area (Å²) in [4.78, 5) is 12.4. The van der Waals surface area contributed by atoms with Gasteiger partial charge in [-0.25, -0.2) is 0 Å². The largest absolute Gasteiger partial charge is 0.497 e. The van der Waals surface area contributed by atoms with Crippen molar-refractivity contribution in [3.05, 3.63) is 53.6 Å². The third-order valence-corrected chi connectivity index (χ3v) is 3.40. The lowest BCUT2D eigenvalue weighted by atomic mass is 10.0. The van der Waals surface area contributed by atoms with Gasteiger partial charge in [0.1, 0.15) is 11.5 Å². The molecule has 0 aliphatic carbocycles. The topological polar surface area (TPSA) is 52.6 Å². The Hall–Kier alpha value is -2.19. The average Bonchev–Trinajstić information content (AvgIpc) is 2.53. The van der Waals surface area contributed by atoms with Gasteiger partial charge in [0, 0.05) is 16.9 Å². The molecule has 0 saturated carbocycles. The summed E-state index contributed by atoms with van der Waals surface area (Å²) >= 11 is 0. The zero-order valence-electron chi connectivity index (χ0n) is 11.1. The van der Waals surface area contributed by atoms with Crippen LogP contribution < -0.4 is 14.8 Å². The van der Waals surface area contributed by atoms with Gasteiger partial charge < -0.3 is 9.47 Å². The highest BCUT2D eigenvalue weighted by molar-refractivity contribution is 7.34. The van der Waals surface area contributed by atoms with E-state index in [1.165, 1.54) is 7.11 Å². The SMILES string of the molecule is COc1ccc(C(=O)c2ccc(P=O)cc2)c(OC)c1. The van der Waals surface area contributed by atoms with E-state index in [4.69, 9.17) is 9.47 Å². The molecule has 5 heteroatoms. The molecule has 0 heterocycles. The summed E-state index contributed by atoms with van der Waals surface area (Å²) in [6.45, 7) is 0. The van der Waals surface area contributed by atoms with Crippen LogP contribution in [0.3, 0.4) is 0 Å². The maximum atomic E-state index is 12.4. The molecule has 0 amide bonds. The van der Waals surface area contributed by atoms with Crippen molar-refractivity contribution in [2.45, 2.75) is 0 Å². The summed E-state index contributed by atoms with van der Waals surface area (Å²) in [6, 6.07) is 11.6. The fourth-order valence-electron chi connectivity index (χ4n) is 1.82. The van der Waals surface area contributed by atoms with Crippen molar-refractivity contribution >= 4 is 19.5 Å². The smallest absolute Gasteiger partial charge is 0.196 e. The molecule has 0 fully saturated rings. The third-order valence-electron chi connectivity index (χ3n) is 2.89. The second-order valence-electron chi connectivity index (χ2n) is 4.03. The molecule has 0 aromatic heterocycles. The highest BCUT2D eigenvalue weighted by atomic mass is 31.1. The molecule has 0 spiro atoms. The first kappa shape index (κ1) is 14.2. The molecule has 102 valence electrons. The molecule has 2 aromatic carbocycles. The minimum Gasteiger partial charge on any atom is -0.497 e. The molecule has 0 bridgehead atoms. The predicted octanol–water partition coefficient (Wildman–Crippen LogP) is 2.85. The summed E-state index contributed by atoms with van der Waals surface area (Å²) in [7, 11) is 3.00. The number of methoxy groups -OCH3 is 2. The highest BCUT2D eigenvalue weighted by Gasteiger charge is 2.15. The van der Waals surface area contributed by atoms with E-state index < -0.39 is 0 Å². The fraction of sp³-hybridized carbons (Fsp3) is 0.133. The van der Waals surface area contributed by atoms with Crippen LogP contribution in [0.4, 0.5) is 0 Å². The van der Waals surface area contributed by atoms with Crippen molar-refractivity contribution in [1.82, 2.24) is 0 Å². The van der Waals surface area contributed by atoms with Crippen molar-refractivity contribution in [2.24, 2.45) is 0 Å². The summed E-state index contributed by atoms with van der Waals surface area (Å²) in [5.41, 5.74) is 0.974. The van der Waals surface area contributed by atoms with E-state index in [2.05, 4.69) is 0 Å². The van der Waals surface area contributed by atoms with Gasteiger partial charge in [-0.05, 0) is 36.4 Å². The Morgan fingerprint density at radius 1 is 1.00 bits per heavy atom. The molecule has 2 aromatic rings. The van der Waals surface area contributed by atoms with E-state index in [1.807, 2.05) is 0 Å². The lowest BCUT2D eigenvalue weighted by molar-refractivity contribution is 0.103. The Morgan fingerprint density at radius 3 is 2.25 bits per heavy atom. The summed E-state index contributed by atoms with van der Waals surface area (Å²) in [5.74, 6) is 0.929. The van der Waals surface area contributed by atoms with E-state index in [1.54, 1.807) is 49.6 Å². The van der Waals surface area contributed by atoms with Gasteiger partial charge in [-0.2, -0.15) is 0 Å². The number of ketones is 1. The first-order chi connectivity index (χ1) is 9.69. The van der Waals surface area contributed by atoms with Crippen molar-refractivity contribution < 1.29 is 18.8 Å². The van der Waals surface area contributed by atoms with Crippen LogP contribution in [-0.2, 0) is 4.57 Å². The van der Waals surface area contributed by atoms with Crippen LogP contribution in [0, 0.1) is 0 Å². The van der Waals surface area contributed by atoms with E-state index in [9.17, 15) is 9.36 Å². The number of benzene rings is 2. The van der Waals surface area contributed by atoms with Gasteiger partial charge in [-0.15, -0.1) is 0 Å². The number of hydrogen-bond acceptors (Lipinski definition) is 4. The molecule has 2 rings (SSSR count). The molecule has 0 atom stereocenters. The van der Waals surface area contributed by atoms with Gasteiger partial charge in [-0.1, -0.05) is 0 Å². The summed E-state index contributed by atoms with van der Waals surface area (Å²) in [6.07, 6.45) is 0. The molecule has 0 unspecified atom stereocenters. The monoisotopic (exact) mass is 288 g/mol. The molecule has 0 N–H and O–H groups in total. The van der Waals surface area contributed by atoms with E-state index in [0.29, 0.717) is 27.9 Å². The molecule has 0 saturated heterocycles. The van der Waals surface area contributed by atoms with Gasteiger partial charge in [0.2, 0.25) is 0 Å². The summed E-state index contributed by atoms with van der Waals surface area (Å²) in [5, 5.41) is 0.628. The van der Waals surface area contributed by atoms with Crippen LogP contribution in [0.25, 0.3) is 0 Å². The summed E-state index contributed by atoms with van der Waals surface area (Å²) < 4.78 is 21.0. The van der Waals surface area contributed by atoms with Crippen LogP contribution in [0.1, 0.15) is 15.9 Å². The van der Waals surface area contributed by atoms with E-state index in [-0.39, 0.29) is 14.2 Å². The molecule has 4 nitrogen and oxygen atoms in total. The van der Waals surface area contributed by atoms with Crippen molar-refractivity contribution in [3.8, 4) is 11.5 Å². The first-order valence-electron chi connectivity index (χ1n) is 5.89. The normalized spacial score (nSPS) is 10.3. The minimum absolute atomic E-state index is 0.0625. The van der Waals surface area contributed by atoms with Crippen molar-refractivity contribution in [3.63, 3.8) is 0 Å². The quantitative estimate of drug-likeness (QED) is 0.627. The van der Waals surface area contributed by atoms with Crippen LogP contribution >= 0.6 is 8.46 Å². The van der Waals surface area contributed by atoms with Gasteiger partial charge in [-0.3, -0.25) is 9.36 Å². The van der Waals surface area contributed by atoms with Crippen LogP contribution in [0.15, 0.2) is 42.5 Å². The van der Waals surface area contributed by atoms with Gasteiger partial charge in [0.05, 0.1) is 19.8 Å². The molecule has 20 heavy (non-hydrogen) atoms. The van der Waals surface area contributed by atoms with Gasteiger partial charge in [0.15, 0.2) is 14.2 Å². The van der Waals surface area contributed by atoms with Crippen molar-refractivity contribution in [2.75, 3.05) is 14.2 Å². The first-order valence-corrected chi connectivity index (χ1v) is 6.71. The fourth-order valence-corrected chi connectivity index (χ4v) is 2.09. The lowest BCUT2D eigenvalue weighted by Gasteiger charge is -2.09.